The molecule has 7 heteroatoms. The second-order valence-corrected chi connectivity index (χ2v) is 4.99. The Morgan fingerprint density at radius 3 is 2.65 bits per heavy atom. The molecule has 0 unspecified atom stereocenters. The third-order valence-electron chi connectivity index (χ3n) is 2.80. The van der Waals surface area contributed by atoms with Gasteiger partial charge in [0, 0.05) is 7.05 Å². The van der Waals surface area contributed by atoms with Crippen molar-refractivity contribution in [2.24, 2.45) is 7.05 Å². The first-order chi connectivity index (χ1) is 9.40. The number of halogens is 2. The molecule has 1 aromatic carbocycles. The van der Waals surface area contributed by atoms with E-state index in [9.17, 15) is 4.79 Å². The zero-order valence-electron chi connectivity index (χ0n) is 10.9. The van der Waals surface area contributed by atoms with E-state index in [0.29, 0.717) is 10.8 Å². The summed E-state index contributed by atoms with van der Waals surface area (Å²) in [4.78, 5) is 10.8. The fourth-order valence-electron chi connectivity index (χ4n) is 1.73. The minimum Gasteiger partial charge on any atom is -0.486 e. The topological polar surface area (TPSA) is 64.4 Å². The quantitative estimate of drug-likeness (QED) is 0.940. The monoisotopic (exact) mass is 314 g/mol. The second-order valence-electron chi connectivity index (χ2n) is 4.21. The van der Waals surface area contributed by atoms with Crippen LogP contribution >= 0.6 is 23.2 Å². The normalized spacial score (nSPS) is 10.6. The number of aromatic carboxylic acids is 1. The Balaban J connectivity index is 2.17. The van der Waals surface area contributed by atoms with Crippen LogP contribution in [0.3, 0.4) is 0 Å². The first-order valence-electron chi connectivity index (χ1n) is 5.73. The third-order valence-corrected chi connectivity index (χ3v) is 3.59. The van der Waals surface area contributed by atoms with Gasteiger partial charge in [-0.15, -0.1) is 0 Å². The van der Waals surface area contributed by atoms with E-state index in [4.69, 9.17) is 33.0 Å². The molecule has 0 saturated heterocycles. The maximum atomic E-state index is 10.8. The molecule has 0 radical (unpaired) electrons. The summed E-state index contributed by atoms with van der Waals surface area (Å²) in [5.74, 6) is -0.643. The lowest BCUT2D eigenvalue weighted by Gasteiger charge is -2.09. The lowest BCUT2D eigenvalue weighted by atomic mass is 10.2. The fourth-order valence-corrected chi connectivity index (χ4v) is 2.18. The van der Waals surface area contributed by atoms with Crippen molar-refractivity contribution in [3.8, 4) is 5.75 Å². The SMILES string of the molecule is Cc1nn(C)c(COc2ccc(C(=O)O)cc2Cl)c1Cl. The Hall–Kier alpha value is -1.72. The standard InChI is InChI=1S/C13H12Cl2N2O3/c1-7-12(15)10(17(2)16-7)6-20-11-4-3-8(13(18)19)5-9(11)14/h3-5H,6H2,1-2H3,(H,18,19). The summed E-state index contributed by atoms with van der Waals surface area (Å²) in [6.07, 6.45) is 0. The second kappa shape index (κ2) is 5.73. The zero-order chi connectivity index (χ0) is 14.9. The van der Waals surface area contributed by atoms with Crippen molar-refractivity contribution in [3.63, 3.8) is 0 Å². The molecule has 106 valence electrons. The van der Waals surface area contributed by atoms with E-state index in [2.05, 4.69) is 5.10 Å². The Labute approximate surface area is 125 Å². The van der Waals surface area contributed by atoms with Gasteiger partial charge in [-0.2, -0.15) is 5.10 Å². The number of aryl methyl sites for hydroxylation is 2. The number of hydrogen-bond acceptors (Lipinski definition) is 3. The van der Waals surface area contributed by atoms with Gasteiger partial charge < -0.3 is 9.84 Å². The van der Waals surface area contributed by atoms with Gasteiger partial charge in [-0.05, 0) is 25.1 Å². The fraction of sp³-hybridized carbons (Fsp3) is 0.231. The highest BCUT2D eigenvalue weighted by atomic mass is 35.5. The number of ether oxygens (including phenoxy) is 1. The molecule has 0 amide bonds. The lowest BCUT2D eigenvalue weighted by molar-refractivity contribution is 0.0697. The van der Waals surface area contributed by atoms with E-state index in [1.165, 1.54) is 18.2 Å². The van der Waals surface area contributed by atoms with Crippen LogP contribution in [0.25, 0.3) is 0 Å². The molecule has 0 aliphatic carbocycles. The van der Waals surface area contributed by atoms with Crippen LogP contribution in [-0.4, -0.2) is 20.9 Å². The molecule has 0 fully saturated rings. The Morgan fingerprint density at radius 1 is 1.45 bits per heavy atom. The van der Waals surface area contributed by atoms with E-state index in [-0.39, 0.29) is 17.2 Å². The summed E-state index contributed by atoms with van der Waals surface area (Å²) < 4.78 is 7.20. The van der Waals surface area contributed by atoms with E-state index in [1.54, 1.807) is 18.7 Å². The first-order valence-corrected chi connectivity index (χ1v) is 6.49. The molecule has 0 aliphatic heterocycles. The van der Waals surface area contributed by atoms with E-state index < -0.39 is 5.97 Å². The average molecular weight is 315 g/mol. The molecule has 0 bridgehead atoms. The summed E-state index contributed by atoms with van der Waals surface area (Å²) in [7, 11) is 1.77. The van der Waals surface area contributed by atoms with Gasteiger partial charge in [-0.1, -0.05) is 23.2 Å². The van der Waals surface area contributed by atoms with Crippen molar-refractivity contribution in [2.75, 3.05) is 0 Å². The minimum absolute atomic E-state index is 0.108. The maximum absolute atomic E-state index is 10.8. The zero-order valence-corrected chi connectivity index (χ0v) is 12.4. The van der Waals surface area contributed by atoms with Gasteiger partial charge in [0.15, 0.2) is 0 Å². The smallest absolute Gasteiger partial charge is 0.335 e. The summed E-state index contributed by atoms with van der Waals surface area (Å²) in [5.41, 5.74) is 1.55. The number of nitrogens with zero attached hydrogens (tertiary/aromatic N) is 2. The highest BCUT2D eigenvalue weighted by Gasteiger charge is 2.13. The van der Waals surface area contributed by atoms with Gasteiger partial charge >= 0.3 is 5.97 Å². The molecule has 20 heavy (non-hydrogen) atoms. The van der Waals surface area contributed by atoms with Gasteiger partial charge in [-0.3, -0.25) is 4.68 Å². The molecule has 0 saturated carbocycles. The maximum Gasteiger partial charge on any atom is 0.335 e. The molecular weight excluding hydrogens is 303 g/mol. The average Bonchev–Trinajstić information content (AvgIpc) is 2.62. The van der Waals surface area contributed by atoms with Gasteiger partial charge in [0.2, 0.25) is 0 Å². The van der Waals surface area contributed by atoms with E-state index in [0.717, 1.165) is 11.4 Å². The molecule has 1 aromatic heterocycles. The highest BCUT2D eigenvalue weighted by molar-refractivity contribution is 6.32. The largest absolute Gasteiger partial charge is 0.486 e. The van der Waals surface area contributed by atoms with E-state index in [1.807, 2.05) is 0 Å². The van der Waals surface area contributed by atoms with Crippen LogP contribution < -0.4 is 4.74 Å². The van der Waals surface area contributed by atoms with Gasteiger partial charge in [0.25, 0.3) is 0 Å². The van der Waals surface area contributed by atoms with Crippen LogP contribution in [0.1, 0.15) is 21.7 Å². The molecule has 0 aliphatic rings. The summed E-state index contributed by atoms with van der Waals surface area (Å²) in [6.45, 7) is 2.00. The Kier molecular flexibility index (Phi) is 4.20. The van der Waals surface area contributed by atoms with Crippen LogP contribution in [-0.2, 0) is 13.7 Å². The number of rotatable bonds is 4. The highest BCUT2D eigenvalue weighted by Crippen LogP contribution is 2.27. The Bertz CT molecular complexity index is 668. The molecule has 2 aromatic rings. The number of carboxylic acids is 1. The van der Waals surface area contributed by atoms with Gasteiger partial charge in [0.1, 0.15) is 12.4 Å². The van der Waals surface area contributed by atoms with E-state index >= 15 is 0 Å². The molecule has 0 spiro atoms. The van der Waals surface area contributed by atoms with Crippen LogP contribution in [0.5, 0.6) is 5.75 Å². The van der Waals surface area contributed by atoms with Crippen molar-refractivity contribution in [2.45, 2.75) is 13.5 Å². The number of carbonyl (C=O) groups is 1. The molecule has 1 heterocycles. The van der Waals surface area contributed by atoms with Crippen LogP contribution in [0.4, 0.5) is 0 Å². The van der Waals surface area contributed by atoms with Crippen molar-refractivity contribution in [1.29, 1.82) is 0 Å². The van der Waals surface area contributed by atoms with Crippen LogP contribution in [0, 0.1) is 6.92 Å². The van der Waals surface area contributed by atoms with Gasteiger partial charge in [-0.25, -0.2) is 4.79 Å². The third kappa shape index (κ3) is 2.89. The van der Waals surface area contributed by atoms with Crippen LogP contribution in [0.15, 0.2) is 18.2 Å². The first kappa shape index (κ1) is 14.7. The van der Waals surface area contributed by atoms with Gasteiger partial charge in [0.05, 0.1) is 27.0 Å². The van der Waals surface area contributed by atoms with Crippen molar-refractivity contribution in [1.82, 2.24) is 9.78 Å². The summed E-state index contributed by atoms with van der Waals surface area (Å²) in [6, 6.07) is 4.29. The van der Waals surface area contributed by atoms with Crippen LogP contribution in [0.2, 0.25) is 10.0 Å². The molecular formula is C13H12Cl2N2O3. The Morgan fingerprint density at radius 2 is 2.15 bits per heavy atom. The number of aromatic nitrogens is 2. The molecule has 2 rings (SSSR count). The predicted octanol–water partition coefficient (Wildman–Crippen LogP) is 3.31. The summed E-state index contributed by atoms with van der Waals surface area (Å²) in [5, 5.41) is 13.8. The molecule has 0 atom stereocenters. The predicted molar refractivity (Wildman–Crippen MR) is 75.7 cm³/mol. The van der Waals surface area contributed by atoms with Crippen molar-refractivity contribution in [3.05, 3.63) is 45.2 Å². The molecule has 5 nitrogen and oxygen atoms in total. The summed E-state index contributed by atoms with van der Waals surface area (Å²) >= 11 is 12.1. The molecule has 1 N–H and O–H groups in total. The minimum atomic E-state index is -1.04. The van der Waals surface area contributed by atoms with Crippen molar-refractivity contribution < 1.29 is 14.6 Å². The lowest BCUT2D eigenvalue weighted by Crippen LogP contribution is -2.04. The number of hydrogen-bond donors (Lipinski definition) is 1. The number of carboxylic acid groups (broad SMARTS) is 1. The number of benzene rings is 1. The van der Waals surface area contributed by atoms with Crippen molar-refractivity contribution >= 4 is 29.2 Å².